The van der Waals surface area contributed by atoms with Gasteiger partial charge in [-0.25, -0.2) is 0 Å². The lowest BCUT2D eigenvalue weighted by Crippen LogP contribution is -2.16. The Labute approximate surface area is 159 Å². The quantitative estimate of drug-likeness (QED) is 0.583. The first-order valence-electron chi connectivity index (χ1n) is 8.21. The molecule has 0 saturated heterocycles. The van der Waals surface area contributed by atoms with Crippen LogP contribution < -0.4 is 5.32 Å². The van der Waals surface area contributed by atoms with Crippen molar-refractivity contribution in [2.24, 2.45) is 0 Å². The van der Waals surface area contributed by atoms with Crippen LogP contribution in [0.3, 0.4) is 0 Å². The van der Waals surface area contributed by atoms with Crippen LogP contribution in [0.2, 0.25) is 5.02 Å². The number of rotatable bonds is 2. The maximum atomic E-state index is 13.1. The number of hydrogen-bond donors (Lipinski definition) is 1. The maximum absolute atomic E-state index is 13.1. The highest BCUT2D eigenvalue weighted by molar-refractivity contribution is 9.10. The predicted molar refractivity (Wildman–Crippen MR) is 106 cm³/mol. The lowest BCUT2D eigenvalue weighted by atomic mass is 10.0. The van der Waals surface area contributed by atoms with Crippen LogP contribution in [0.25, 0.3) is 10.9 Å². The van der Waals surface area contributed by atoms with Gasteiger partial charge in [-0.3, -0.25) is 9.78 Å². The third-order valence-electron chi connectivity index (χ3n) is 4.57. The molecule has 1 N–H and O–H groups in total. The highest BCUT2D eigenvalue weighted by Crippen LogP contribution is 2.32. The van der Waals surface area contributed by atoms with Gasteiger partial charge in [-0.05, 0) is 83.6 Å². The molecule has 5 heteroatoms. The summed E-state index contributed by atoms with van der Waals surface area (Å²) in [6.45, 7) is 2.02. The van der Waals surface area contributed by atoms with Gasteiger partial charge in [-0.15, -0.1) is 0 Å². The number of aromatic nitrogens is 1. The second kappa shape index (κ2) is 6.43. The van der Waals surface area contributed by atoms with Crippen LogP contribution in [0.15, 0.2) is 40.9 Å². The zero-order valence-electron chi connectivity index (χ0n) is 13.7. The van der Waals surface area contributed by atoms with Crippen LogP contribution in [0.1, 0.15) is 33.6 Å². The maximum Gasteiger partial charge on any atom is 0.256 e. The fourth-order valence-corrected chi connectivity index (χ4v) is 4.16. The smallest absolute Gasteiger partial charge is 0.256 e. The Balaban J connectivity index is 1.84. The third-order valence-corrected chi connectivity index (χ3v) is 5.46. The number of aryl methyl sites for hydroxylation is 2. The van der Waals surface area contributed by atoms with Crippen LogP contribution in [0.5, 0.6) is 0 Å². The molecule has 0 fully saturated rings. The average molecular weight is 416 g/mol. The first-order chi connectivity index (χ1) is 12.0. The molecule has 0 bridgehead atoms. The number of hydrogen-bond acceptors (Lipinski definition) is 2. The van der Waals surface area contributed by atoms with E-state index in [0.29, 0.717) is 10.6 Å². The van der Waals surface area contributed by atoms with Crippen molar-refractivity contribution >= 4 is 50.0 Å². The fraction of sp³-hybridized carbons (Fsp3) is 0.200. The second-order valence-corrected chi connectivity index (χ2v) is 7.66. The number of carbonyl (C=O) groups excluding carboxylic acids is 1. The second-order valence-electron chi connectivity index (χ2n) is 6.36. The first-order valence-corrected chi connectivity index (χ1v) is 9.38. The Morgan fingerprint density at radius 2 is 2.04 bits per heavy atom. The van der Waals surface area contributed by atoms with Crippen LogP contribution >= 0.6 is 27.5 Å². The van der Waals surface area contributed by atoms with Gasteiger partial charge in [-0.2, -0.15) is 0 Å². The molecule has 2 aromatic carbocycles. The van der Waals surface area contributed by atoms with Gasteiger partial charge in [0.15, 0.2) is 0 Å². The van der Waals surface area contributed by atoms with E-state index in [4.69, 9.17) is 16.6 Å². The van der Waals surface area contributed by atoms with E-state index in [-0.39, 0.29) is 5.91 Å². The average Bonchev–Trinajstić information content (AvgIpc) is 3.03. The zero-order chi connectivity index (χ0) is 17.6. The molecule has 0 unspecified atom stereocenters. The van der Waals surface area contributed by atoms with Crippen molar-refractivity contribution in [1.82, 2.24) is 4.98 Å². The molecule has 1 aliphatic carbocycles. The standard InChI is InChI=1S/C20H16BrClN2O/c1-11-5-7-18(15(21)9-11)24-20(25)19-13-3-2-4-16(13)23-17-8-6-12(22)10-14(17)19/h5-10H,2-4H2,1H3,(H,24,25). The van der Waals surface area contributed by atoms with E-state index in [9.17, 15) is 4.79 Å². The van der Waals surface area contributed by atoms with E-state index in [1.165, 1.54) is 0 Å². The van der Waals surface area contributed by atoms with Crippen LogP contribution in [-0.2, 0) is 12.8 Å². The molecule has 0 radical (unpaired) electrons. The van der Waals surface area contributed by atoms with Crippen molar-refractivity contribution in [3.63, 3.8) is 0 Å². The molecule has 1 amide bonds. The number of nitrogens with zero attached hydrogens (tertiary/aromatic N) is 1. The number of amides is 1. The molecule has 3 nitrogen and oxygen atoms in total. The third kappa shape index (κ3) is 3.05. The molecule has 0 saturated carbocycles. The molecule has 1 aromatic heterocycles. The number of pyridine rings is 1. The first kappa shape index (κ1) is 16.6. The Hall–Kier alpha value is -1.91. The Bertz CT molecular complexity index is 1020. The van der Waals surface area contributed by atoms with Crippen LogP contribution in [0, 0.1) is 6.92 Å². The van der Waals surface area contributed by atoms with Gasteiger partial charge in [-0.1, -0.05) is 17.7 Å². The summed E-state index contributed by atoms with van der Waals surface area (Å²) in [5, 5.41) is 4.46. The summed E-state index contributed by atoms with van der Waals surface area (Å²) in [6.07, 6.45) is 2.83. The number of halogens is 2. The minimum absolute atomic E-state index is 0.114. The molecule has 3 aromatic rings. The van der Waals surface area contributed by atoms with Gasteiger partial charge in [0.2, 0.25) is 0 Å². The fourth-order valence-electron chi connectivity index (χ4n) is 3.40. The molecule has 0 aliphatic heterocycles. The molecule has 0 atom stereocenters. The number of fused-ring (bicyclic) bond motifs is 2. The minimum Gasteiger partial charge on any atom is -0.321 e. The molecule has 126 valence electrons. The van der Waals surface area contributed by atoms with Crippen LogP contribution in [-0.4, -0.2) is 10.9 Å². The molecule has 0 spiro atoms. The van der Waals surface area contributed by atoms with E-state index >= 15 is 0 Å². The summed E-state index contributed by atoms with van der Waals surface area (Å²) < 4.78 is 0.869. The van der Waals surface area contributed by atoms with Crippen molar-refractivity contribution in [3.8, 4) is 0 Å². The summed E-state index contributed by atoms with van der Waals surface area (Å²) in [5.74, 6) is -0.114. The summed E-state index contributed by atoms with van der Waals surface area (Å²) in [7, 11) is 0. The van der Waals surface area contributed by atoms with E-state index in [1.807, 2.05) is 43.3 Å². The topological polar surface area (TPSA) is 42.0 Å². The molecule has 1 aliphatic rings. The number of benzene rings is 2. The molecular formula is C20H16BrClN2O. The SMILES string of the molecule is Cc1ccc(NC(=O)c2c3c(nc4ccc(Cl)cc24)CCC3)c(Br)c1. The van der Waals surface area contributed by atoms with Gasteiger partial charge in [0.25, 0.3) is 5.91 Å². The van der Waals surface area contributed by atoms with Gasteiger partial charge in [0, 0.05) is 20.6 Å². The van der Waals surface area contributed by atoms with Gasteiger partial charge >= 0.3 is 0 Å². The van der Waals surface area contributed by atoms with Crippen molar-refractivity contribution in [3.05, 3.63) is 68.3 Å². The van der Waals surface area contributed by atoms with E-state index in [1.54, 1.807) is 0 Å². The summed E-state index contributed by atoms with van der Waals surface area (Å²) >= 11 is 9.71. The predicted octanol–water partition coefficient (Wildman–Crippen LogP) is 5.70. The monoisotopic (exact) mass is 414 g/mol. The normalized spacial score (nSPS) is 13.1. The largest absolute Gasteiger partial charge is 0.321 e. The molecule has 25 heavy (non-hydrogen) atoms. The van der Waals surface area contributed by atoms with E-state index < -0.39 is 0 Å². The highest BCUT2D eigenvalue weighted by atomic mass is 79.9. The molecule has 4 rings (SSSR count). The van der Waals surface area contributed by atoms with Gasteiger partial charge in [0.1, 0.15) is 0 Å². The Morgan fingerprint density at radius 1 is 1.20 bits per heavy atom. The Morgan fingerprint density at radius 3 is 2.84 bits per heavy atom. The zero-order valence-corrected chi connectivity index (χ0v) is 16.0. The lowest BCUT2D eigenvalue weighted by Gasteiger charge is -2.14. The molecule has 1 heterocycles. The van der Waals surface area contributed by atoms with E-state index in [0.717, 1.165) is 57.1 Å². The number of carbonyl (C=O) groups is 1. The summed E-state index contributed by atoms with van der Waals surface area (Å²) in [5.41, 5.74) is 5.49. The van der Waals surface area contributed by atoms with Gasteiger partial charge < -0.3 is 5.32 Å². The van der Waals surface area contributed by atoms with Crippen molar-refractivity contribution < 1.29 is 4.79 Å². The highest BCUT2D eigenvalue weighted by Gasteiger charge is 2.24. The van der Waals surface area contributed by atoms with E-state index in [2.05, 4.69) is 21.2 Å². The number of anilines is 1. The summed E-state index contributed by atoms with van der Waals surface area (Å²) in [6, 6.07) is 11.4. The molecular weight excluding hydrogens is 400 g/mol. The van der Waals surface area contributed by atoms with Crippen molar-refractivity contribution in [1.29, 1.82) is 0 Å². The lowest BCUT2D eigenvalue weighted by molar-refractivity contribution is 0.102. The van der Waals surface area contributed by atoms with Gasteiger partial charge in [0.05, 0.1) is 16.8 Å². The summed E-state index contributed by atoms with van der Waals surface area (Å²) in [4.78, 5) is 17.9. The van der Waals surface area contributed by atoms with Crippen molar-refractivity contribution in [2.45, 2.75) is 26.2 Å². The van der Waals surface area contributed by atoms with Crippen LogP contribution in [0.4, 0.5) is 5.69 Å². The number of nitrogens with one attached hydrogen (secondary N) is 1. The minimum atomic E-state index is -0.114. The Kier molecular flexibility index (Phi) is 4.26. The van der Waals surface area contributed by atoms with Crippen molar-refractivity contribution in [2.75, 3.05) is 5.32 Å².